The van der Waals surface area contributed by atoms with Crippen molar-refractivity contribution < 1.29 is 38.6 Å². The summed E-state index contributed by atoms with van der Waals surface area (Å²) in [6.45, 7) is 14.9. The lowest BCUT2D eigenvalue weighted by molar-refractivity contribution is -0.149. The Bertz CT molecular complexity index is 1750. The van der Waals surface area contributed by atoms with E-state index in [9.17, 15) is 24.0 Å². The number of rotatable bonds is 28. The van der Waals surface area contributed by atoms with Crippen LogP contribution in [0, 0.1) is 35.5 Å². The van der Waals surface area contributed by atoms with Crippen molar-refractivity contribution in [3.05, 3.63) is 77.9 Å². The Labute approximate surface area is 378 Å². The number of allylic oxidation sites excluding steroid dienone is 1. The number of carboxylic acids is 1. The highest BCUT2D eigenvalue weighted by Crippen LogP contribution is 2.32. The third-order valence-corrected chi connectivity index (χ3v) is 13.4. The van der Waals surface area contributed by atoms with Gasteiger partial charge in [0.1, 0.15) is 5.78 Å². The fraction of sp³-hybridized carbons (Fsp3) is 0.635. The van der Waals surface area contributed by atoms with Gasteiger partial charge in [-0.2, -0.15) is 0 Å². The van der Waals surface area contributed by atoms with Crippen molar-refractivity contribution in [1.82, 2.24) is 14.7 Å². The highest BCUT2D eigenvalue weighted by atomic mass is 16.5. The number of carbonyl (C=O) groups excluding carboxylic acids is 4. The zero-order valence-corrected chi connectivity index (χ0v) is 40.2. The van der Waals surface area contributed by atoms with E-state index in [4.69, 9.17) is 14.6 Å². The fourth-order valence-electron chi connectivity index (χ4n) is 9.67. The molecule has 0 bridgehead atoms. The summed E-state index contributed by atoms with van der Waals surface area (Å²) in [5.74, 6) is -2.36. The molecule has 2 aromatic carbocycles. The topological polar surface area (TPSA) is 134 Å². The minimum absolute atomic E-state index is 0.0233. The predicted molar refractivity (Wildman–Crippen MR) is 251 cm³/mol. The second kappa shape index (κ2) is 26.6. The van der Waals surface area contributed by atoms with Crippen LogP contribution in [0.2, 0.25) is 0 Å². The number of amides is 2. The third kappa shape index (κ3) is 15.8. The van der Waals surface area contributed by atoms with Gasteiger partial charge in [0, 0.05) is 58.9 Å². The van der Waals surface area contributed by atoms with Crippen molar-refractivity contribution in [2.24, 2.45) is 35.5 Å². The van der Waals surface area contributed by atoms with Crippen LogP contribution in [0.4, 0.5) is 0 Å². The molecule has 350 valence electrons. The van der Waals surface area contributed by atoms with Gasteiger partial charge in [0.25, 0.3) is 0 Å². The molecule has 0 aromatic heterocycles. The van der Waals surface area contributed by atoms with Gasteiger partial charge in [0.05, 0.1) is 36.8 Å². The second-order valence-electron chi connectivity index (χ2n) is 18.7. The molecule has 0 radical (unpaired) electrons. The number of hydrogen-bond acceptors (Lipinski definition) is 8. The number of ketones is 2. The summed E-state index contributed by atoms with van der Waals surface area (Å²) in [6, 6.07) is 19.1. The van der Waals surface area contributed by atoms with Gasteiger partial charge in [-0.05, 0) is 74.1 Å². The van der Waals surface area contributed by atoms with Gasteiger partial charge in [0.2, 0.25) is 11.8 Å². The maximum Gasteiger partial charge on any atom is 0.303 e. The van der Waals surface area contributed by atoms with E-state index in [1.165, 1.54) is 0 Å². The average Bonchev–Trinajstić information content (AvgIpc) is 3.74. The number of nitrogens with zero attached hydrogens (tertiary/aromatic N) is 3. The van der Waals surface area contributed by atoms with Crippen molar-refractivity contribution in [2.75, 3.05) is 41.4 Å². The number of likely N-dealkylation sites (N-methyl/N-ethyl adjacent to an activating group) is 2. The molecule has 1 heterocycles. The number of carbonyl (C=O) groups is 5. The van der Waals surface area contributed by atoms with Crippen LogP contribution in [0.3, 0.4) is 0 Å². The first-order valence-electron chi connectivity index (χ1n) is 23.3. The van der Waals surface area contributed by atoms with E-state index < -0.39 is 42.1 Å². The van der Waals surface area contributed by atoms with Crippen molar-refractivity contribution in [2.45, 2.75) is 137 Å². The molecule has 1 saturated heterocycles. The zero-order valence-electron chi connectivity index (χ0n) is 40.2. The Hall–Kier alpha value is -4.19. The Morgan fingerprint density at radius 3 is 2.03 bits per heavy atom. The van der Waals surface area contributed by atoms with Crippen LogP contribution in [0.5, 0.6) is 0 Å². The quantitative estimate of drug-likeness (QED) is 0.0894. The van der Waals surface area contributed by atoms with Crippen LogP contribution in [0.25, 0.3) is 6.08 Å². The Balaban J connectivity index is 1.79. The Morgan fingerprint density at radius 1 is 0.841 bits per heavy atom. The van der Waals surface area contributed by atoms with Crippen molar-refractivity contribution in [3.8, 4) is 0 Å². The highest BCUT2D eigenvalue weighted by molar-refractivity contribution is 5.90. The summed E-state index contributed by atoms with van der Waals surface area (Å²) in [7, 11) is 6.82. The summed E-state index contributed by atoms with van der Waals surface area (Å²) >= 11 is 0. The largest absolute Gasteiger partial charge is 0.481 e. The maximum absolute atomic E-state index is 14.6. The molecule has 11 heteroatoms. The van der Waals surface area contributed by atoms with Crippen LogP contribution in [0.1, 0.15) is 111 Å². The normalized spacial score (nSPS) is 18.3. The molecule has 63 heavy (non-hydrogen) atoms. The van der Waals surface area contributed by atoms with Crippen LogP contribution >= 0.6 is 0 Å². The third-order valence-electron chi connectivity index (χ3n) is 13.4. The van der Waals surface area contributed by atoms with Crippen molar-refractivity contribution in [3.63, 3.8) is 0 Å². The lowest BCUT2D eigenvalue weighted by Crippen LogP contribution is -2.54. The molecule has 0 saturated carbocycles. The minimum atomic E-state index is -0.871. The summed E-state index contributed by atoms with van der Waals surface area (Å²) in [5, 5.41) is 9.14. The van der Waals surface area contributed by atoms with Crippen LogP contribution in [-0.2, 0) is 39.9 Å². The molecule has 2 amide bonds. The lowest BCUT2D eigenvalue weighted by Gasteiger charge is -2.41. The first-order valence-corrected chi connectivity index (χ1v) is 23.3. The molecular weight excluding hydrogens is 795 g/mol. The van der Waals surface area contributed by atoms with Gasteiger partial charge < -0.3 is 24.4 Å². The van der Waals surface area contributed by atoms with Crippen LogP contribution in [-0.4, -0.2) is 121 Å². The summed E-state index contributed by atoms with van der Waals surface area (Å²) in [4.78, 5) is 73.8. The van der Waals surface area contributed by atoms with E-state index in [1.54, 1.807) is 26.2 Å². The molecule has 1 N–H and O–H groups in total. The molecular formula is C52H79N3O8. The molecule has 1 aliphatic heterocycles. The van der Waals surface area contributed by atoms with Gasteiger partial charge in [-0.15, -0.1) is 0 Å². The molecule has 0 spiro atoms. The van der Waals surface area contributed by atoms with E-state index in [-0.39, 0.29) is 72.4 Å². The summed E-state index contributed by atoms with van der Waals surface area (Å²) in [5.41, 5.74) is 2.24. The first-order chi connectivity index (χ1) is 29.9. The molecule has 9 atom stereocenters. The van der Waals surface area contributed by atoms with E-state index in [2.05, 4.69) is 38.1 Å². The van der Waals surface area contributed by atoms with Gasteiger partial charge >= 0.3 is 5.97 Å². The van der Waals surface area contributed by atoms with Gasteiger partial charge in [-0.25, -0.2) is 0 Å². The van der Waals surface area contributed by atoms with Gasteiger partial charge in [-0.3, -0.25) is 28.9 Å². The van der Waals surface area contributed by atoms with E-state index in [0.717, 1.165) is 30.4 Å². The van der Waals surface area contributed by atoms with Gasteiger partial charge in [0.15, 0.2) is 5.78 Å². The smallest absolute Gasteiger partial charge is 0.303 e. The number of Topliss-reactive ketones (excluding diaryl/α,β-unsaturated/α-hetero) is 2. The number of benzene rings is 2. The van der Waals surface area contributed by atoms with E-state index in [1.807, 2.05) is 100.0 Å². The Kier molecular flexibility index (Phi) is 22.4. The monoisotopic (exact) mass is 874 g/mol. The molecule has 0 unspecified atom stereocenters. The predicted octanol–water partition coefficient (Wildman–Crippen LogP) is 8.49. The van der Waals surface area contributed by atoms with E-state index >= 15 is 0 Å². The highest BCUT2D eigenvalue weighted by Gasteiger charge is 2.43. The van der Waals surface area contributed by atoms with Crippen molar-refractivity contribution in [1.29, 1.82) is 0 Å². The SMILES string of the molecule is CC[C@H](C)[C@@H]([C@@H](CC(=O)N1CCC[C@H]1[C@H](OC)[C@@H](C)C(=O)C[C@H](/C=C/c1ccccc1)Cc1ccccc1)OC)N(C)C(=O)[C@@H](CC(=O)[C@H](C(C)C)N(C)CCCC(=O)O)C(C)C. The molecule has 0 aliphatic carbocycles. The molecule has 2 aromatic rings. The van der Waals surface area contributed by atoms with Crippen molar-refractivity contribution >= 4 is 35.4 Å². The zero-order chi connectivity index (χ0) is 46.8. The summed E-state index contributed by atoms with van der Waals surface area (Å²) in [6.07, 6.45) is 6.95. The number of aliphatic carboxylic acids is 1. The van der Waals surface area contributed by atoms with E-state index in [0.29, 0.717) is 32.4 Å². The number of ether oxygens (including phenoxy) is 2. The van der Waals surface area contributed by atoms with Crippen LogP contribution < -0.4 is 0 Å². The number of likely N-dealkylation sites (tertiary alicyclic amines) is 1. The molecule has 3 rings (SSSR count). The van der Waals surface area contributed by atoms with Gasteiger partial charge in [-0.1, -0.05) is 128 Å². The van der Waals surface area contributed by atoms with Crippen LogP contribution in [0.15, 0.2) is 66.7 Å². The Morgan fingerprint density at radius 2 is 1.48 bits per heavy atom. The fourth-order valence-corrected chi connectivity index (χ4v) is 9.67. The molecule has 1 fully saturated rings. The lowest BCUT2D eigenvalue weighted by atomic mass is 9.83. The average molecular weight is 874 g/mol. The maximum atomic E-state index is 14.6. The standard InChI is InChI=1S/C52H79N3O8/c1-12-37(6)50(54(9)52(61)42(35(2)3)33-45(57)49(36(4)5)53(8)29-20-26-48(59)60)46(62-10)34-47(58)55-30-19-25-43(55)51(63-11)38(7)44(56)32-41(31-40-23-17-14-18-24-40)28-27-39-21-15-13-16-22-39/h13-18,21-24,27-28,35-38,41-43,46,49-51H,12,19-20,25-26,29-34H2,1-11H3,(H,59,60)/b28-27+/t37-,38-,41+,42-,43-,46+,49-,50-,51+/m0/s1. The molecule has 11 nitrogen and oxygen atoms in total. The first kappa shape index (κ1) is 53.2. The minimum Gasteiger partial charge on any atom is -0.481 e. The summed E-state index contributed by atoms with van der Waals surface area (Å²) < 4.78 is 12.2. The number of carboxylic acid groups (broad SMARTS) is 1. The second-order valence-corrected chi connectivity index (χ2v) is 18.7. The molecule has 1 aliphatic rings. The number of hydrogen-bond donors (Lipinski definition) is 1. The number of methoxy groups -OCH3 is 2.